The first-order valence-electron chi connectivity index (χ1n) is 9.20. The maximum absolute atomic E-state index is 11.9. The molecule has 30 heavy (non-hydrogen) atoms. The van der Waals surface area contributed by atoms with E-state index in [-0.39, 0.29) is 18.3 Å². The van der Waals surface area contributed by atoms with E-state index in [1.807, 2.05) is 61.5 Å². The van der Waals surface area contributed by atoms with Gasteiger partial charge in [-0.15, -0.1) is 0 Å². The van der Waals surface area contributed by atoms with Gasteiger partial charge in [-0.1, -0.05) is 48.5 Å². The van der Waals surface area contributed by atoms with Crippen LogP contribution in [0.4, 0.5) is 0 Å². The van der Waals surface area contributed by atoms with Gasteiger partial charge in [-0.2, -0.15) is 0 Å². The number of carbonyl (C=O) groups excluding carboxylic acids is 2. The highest BCUT2D eigenvalue weighted by molar-refractivity contribution is 7.80. The van der Waals surface area contributed by atoms with Crippen LogP contribution in [0.2, 0.25) is 0 Å². The molecule has 3 rings (SSSR count). The van der Waals surface area contributed by atoms with Gasteiger partial charge in [0, 0.05) is 0 Å². The van der Waals surface area contributed by atoms with Crippen molar-refractivity contribution in [2.45, 2.75) is 6.92 Å². The Hall–Kier alpha value is -3.65. The highest BCUT2D eigenvalue weighted by Crippen LogP contribution is 2.20. The first kappa shape index (κ1) is 21.1. The lowest BCUT2D eigenvalue weighted by atomic mass is 10.1. The average molecular weight is 423 g/mol. The minimum atomic E-state index is -0.448. The van der Waals surface area contributed by atoms with Crippen molar-refractivity contribution in [3.8, 4) is 11.5 Å². The number of ether oxygens (including phenoxy) is 2. The summed E-state index contributed by atoms with van der Waals surface area (Å²) in [5.41, 5.74) is 5.74. The predicted molar refractivity (Wildman–Crippen MR) is 118 cm³/mol. The quantitative estimate of drug-likeness (QED) is 0.417. The monoisotopic (exact) mass is 423 g/mol. The topological polar surface area (TPSA) is 88.7 Å². The molecule has 0 atom stereocenters. The molecule has 3 N–H and O–H groups in total. The van der Waals surface area contributed by atoms with Crippen LogP contribution in [0.15, 0.2) is 66.7 Å². The molecule has 0 fully saturated rings. The van der Waals surface area contributed by atoms with Gasteiger partial charge in [0.05, 0.1) is 0 Å². The summed E-state index contributed by atoms with van der Waals surface area (Å²) in [5.74, 6) is 0.298. The molecule has 7 nitrogen and oxygen atoms in total. The summed E-state index contributed by atoms with van der Waals surface area (Å²) in [5, 5.41) is 4.48. The highest BCUT2D eigenvalue weighted by atomic mass is 32.1. The van der Waals surface area contributed by atoms with E-state index in [9.17, 15) is 9.59 Å². The summed E-state index contributed by atoms with van der Waals surface area (Å²) in [4.78, 5) is 23.8. The average Bonchev–Trinajstić information content (AvgIpc) is 2.75. The zero-order chi connectivity index (χ0) is 21.3. The molecule has 0 saturated heterocycles. The molecule has 0 bridgehead atoms. The zero-order valence-electron chi connectivity index (χ0n) is 16.3. The fourth-order valence-electron chi connectivity index (χ4n) is 2.62. The first-order chi connectivity index (χ1) is 14.5. The van der Waals surface area contributed by atoms with Gasteiger partial charge in [-0.25, -0.2) is 0 Å². The third-order valence-electron chi connectivity index (χ3n) is 4.11. The molecule has 2 amide bonds. The number of benzene rings is 3. The van der Waals surface area contributed by atoms with Crippen molar-refractivity contribution in [1.82, 2.24) is 16.2 Å². The van der Waals surface area contributed by atoms with Gasteiger partial charge in [-0.3, -0.25) is 25.8 Å². The van der Waals surface area contributed by atoms with Crippen LogP contribution in [0.1, 0.15) is 5.56 Å². The molecule has 0 aliphatic heterocycles. The SMILES string of the molecule is Cc1ccccc1OCC(=O)NC(=S)NNC(=O)COc1ccc2ccccc2c1. The fourth-order valence-corrected chi connectivity index (χ4v) is 2.79. The van der Waals surface area contributed by atoms with Crippen LogP contribution in [-0.4, -0.2) is 30.1 Å². The molecule has 0 spiro atoms. The molecule has 3 aromatic rings. The number of nitrogens with one attached hydrogen (secondary N) is 3. The normalized spacial score (nSPS) is 10.2. The minimum Gasteiger partial charge on any atom is -0.484 e. The highest BCUT2D eigenvalue weighted by Gasteiger charge is 2.08. The van der Waals surface area contributed by atoms with Crippen LogP contribution in [0.5, 0.6) is 11.5 Å². The van der Waals surface area contributed by atoms with E-state index in [0.717, 1.165) is 16.3 Å². The number of hydrazine groups is 1. The largest absolute Gasteiger partial charge is 0.484 e. The Labute approximate surface area is 179 Å². The molecule has 0 aromatic heterocycles. The number of aryl methyl sites for hydroxylation is 1. The van der Waals surface area contributed by atoms with Crippen molar-refractivity contribution in [3.63, 3.8) is 0 Å². The molecule has 0 aliphatic carbocycles. The van der Waals surface area contributed by atoms with Crippen LogP contribution in [0, 0.1) is 6.92 Å². The van der Waals surface area contributed by atoms with E-state index >= 15 is 0 Å². The van der Waals surface area contributed by atoms with Gasteiger partial charge >= 0.3 is 0 Å². The lowest BCUT2D eigenvalue weighted by molar-refractivity contribution is -0.124. The third kappa shape index (κ3) is 6.18. The Bertz CT molecular complexity index is 1070. The van der Waals surface area contributed by atoms with Gasteiger partial charge in [0.25, 0.3) is 11.8 Å². The number of hydrogen-bond acceptors (Lipinski definition) is 5. The second-order valence-corrected chi connectivity index (χ2v) is 6.81. The molecule has 0 aliphatic rings. The number of carbonyl (C=O) groups is 2. The number of rotatable bonds is 6. The van der Waals surface area contributed by atoms with E-state index in [0.29, 0.717) is 11.5 Å². The van der Waals surface area contributed by atoms with Crippen LogP contribution in [0.3, 0.4) is 0 Å². The van der Waals surface area contributed by atoms with E-state index in [2.05, 4.69) is 16.2 Å². The lowest BCUT2D eigenvalue weighted by Crippen LogP contribution is -2.50. The van der Waals surface area contributed by atoms with Crippen molar-refractivity contribution in [1.29, 1.82) is 0 Å². The molecule has 0 saturated carbocycles. The zero-order valence-corrected chi connectivity index (χ0v) is 17.1. The lowest BCUT2D eigenvalue weighted by Gasteiger charge is -2.12. The number of hydrogen-bond donors (Lipinski definition) is 3. The summed E-state index contributed by atoms with van der Waals surface area (Å²) in [6, 6.07) is 20.8. The van der Waals surface area contributed by atoms with E-state index < -0.39 is 11.8 Å². The van der Waals surface area contributed by atoms with Crippen molar-refractivity contribution < 1.29 is 19.1 Å². The number of fused-ring (bicyclic) bond motifs is 1. The second-order valence-electron chi connectivity index (χ2n) is 6.40. The van der Waals surface area contributed by atoms with Gasteiger partial charge in [0.2, 0.25) is 0 Å². The fraction of sp³-hybridized carbons (Fsp3) is 0.136. The Kier molecular flexibility index (Phi) is 7.18. The maximum Gasteiger partial charge on any atom is 0.276 e. The predicted octanol–water partition coefficient (Wildman–Crippen LogP) is 2.63. The molecule has 0 unspecified atom stereocenters. The van der Waals surface area contributed by atoms with E-state index in [1.54, 1.807) is 12.1 Å². The van der Waals surface area contributed by atoms with Crippen LogP contribution in [0.25, 0.3) is 10.8 Å². The van der Waals surface area contributed by atoms with Crippen LogP contribution in [-0.2, 0) is 9.59 Å². The Morgan fingerprint density at radius 2 is 1.53 bits per heavy atom. The standard InChI is InChI=1S/C22H21N3O4S/c1-15-6-2-5-9-19(15)29-13-20(26)23-22(30)25-24-21(27)14-28-18-11-10-16-7-3-4-8-17(16)12-18/h2-12H,13-14H2,1H3,(H,24,27)(H2,23,25,26,30). The maximum atomic E-state index is 11.9. The van der Waals surface area contributed by atoms with Gasteiger partial charge in [0.1, 0.15) is 11.5 Å². The summed E-state index contributed by atoms with van der Waals surface area (Å²) < 4.78 is 10.9. The molecular formula is C22H21N3O4S. The molecule has 8 heteroatoms. The minimum absolute atomic E-state index is 0.0487. The third-order valence-corrected chi connectivity index (χ3v) is 4.32. The summed E-state index contributed by atoms with van der Waals surface area (Å²) in [6.45, 7) is 1.47. The second kappa shape index (κ2) is 10.2. The molecule has 3 aromatic carbocycles. The van der Waals surface area contributed by atoms with Gasteiger partial charge in [0.15, 0.2) is 18.3 Å². The molecular weight excluding hydrogens is 402 g/mol. The van der Waals surface area contributed by atoms with Crippen molar-refractivity contribution in [2.24, 2.45) is 0 Å². The summed E-state index contributed by atoms with van der Waals surface area (Å²) in [6.07, 6.45) is 0. The number of amides is 2. The van der Waals surface area contributed by atoms with Crippen molar-refractivity contribution in [3.05, 3.63) is 72.3 Å². The number of para-hydroxylation sites is 1. The van der Waals surface area contributed by atoms with E-state index in [1.165, 1.54) is 0 Å². The summed E-state index contributed by atoms with van der Waals surface area (Å²) >= 11 is 4.98. The van der Waals surface area contributed by atoms with E-state index in [4.69, 9.17) is 21.7 Å². The smallest absolute Gasteiger partial charge is 0.276 e. The van der Waals surface area contributed by atoms with Gasteiger partial charge in [-0.05, 0) is 53.7 Å². The van der Waals surface area contributed by atoms with Crippen LogP contribution >= 0.6 is 12.2 Å². The Morgan fingerprint density at radius 1 is 0.833 bits per heavy atom. The molecule has 0 heterocycles. The first-order valence-corrected chi connectivity index (χ1v) is 9.61. The van der Waals surface area contributed by atoms with Crippen molar-refractivity contribution in [2.75, 3.05) is 13.2 Å². The van der Waals surface area contributed by atoms with Crippen LogP contribution < -0.4 is 25.6 Å². The summed E-state index contributed by atoms with van der Waals surface area (Å²) in [7, 11) is 0. The molecule has 0 radical (unpaired) electrons. The number of thiocarbonyl (C=S) groups is 1. The van der Waals surface area contributed by atoms with Crippen molar-refractivity contribution >= 4 is 39.9 Å². The Morgan fingerprint density at radius 3 is 2.33 bits per heavy atom. The Balaban J connectivity index is 1.36. The van der Waals surface area contributed by atoms with Gasteiger partial charge < -0.3 is 9.47 Å². The molecule has 154 valence electrons.